The minimum Gasteiger partial charge on any atom is -0.356 e. The molecular weight excluding hydrogens is 363 g/mol. The SMILES string of the molecule is CCn1ncc(C(C)NC(=S)Nc2cnn(Cc3ccc(F)cc3)c2)c1C. The molecule has 0 amide bonds. The van der Waals surface area contributed by atoms with Crippen LogP contribution < -0.4 is 10.6 Å². The Kier molecular flexibility index (Phi) is 5.85. The maximum Gasteiger partial charge on any atom is 0.171 e. The third-order valence-corrected chi connectivity index (χ3v) is 4.62. The molecular formula is C19H23FN6S. The maximum absolute atomic E-state index is 13.0. The fourth-order valence-corrected chi connectivity index (χ4v) is 3.23. The standard InChI is InChI=1S/C19H23FN6S/c1-4-26-14(3)18(10-22-26)13(2)23-19(27)24-17-9-21-25(12-17)11-15-5-7-16(20)8-6-15/h5-10,12-13H,4,11H2,1-3H3,(H2,23,24,27). The summed E-state index contributed by atoms with van der Waals surface area (Å²) >= 11 is 5.42. The summed E-state index contributed by atoms with van der Waals surface area (Å²) in [5.41, 5.74) is 4.02. The lowest BCUT2D eigenvalue weighted by atomic mass is 10.1. The second-order valence-corrected chi connectivity index (χ2v) is 6.78. The van der Waals surface area contributed by atoms with Crippen molar-refractivity contribution in [2.24, 2.45) is 0 Å². The van der Waals surface area contributed by atoms with E-state index in [1.54, 1.807) is 23.0 Å². The zero-order chi connectivity index (χ0) is 19.4. The molecule has 0 aliphatic rings. The zero-order valence-corrected chi connectivity index (χ0v) is 16.4. The molecule has 0 saturated heterocycles. The number of hydrogen-bond acceptors (Lipinski definition) is 3. The number of hydrogen-bond donors (Lipinski definition) is 2. The van der Waals surface area contributed by atoms with Crippen molar-refractivity contribution in [1.29, 1.82) is 0 Å². The van der Waals surface area contributed by atoms with Gasteiger partial charge in [-0.1, -0.05) is 12.1 Å². The second kappa shape index (κ2) is 8.30. The minimum atomic E-state index is -0.244. The van der Waals surface area contributed by atoms with E-state index in [0.29, 0.717) is 11.7 Å². The molecule has 8 heteroatoms. The van der Waals surface area contributed by atoms with E-state index >= 15 is 0 Å². The highest BCUT2D eigenvalue weighted by molar-refractivity contribution is 7.80. The van der Waals surface area contributed by atoms with Crippen LogP contribution >= 0.6 is 12.2 Å². The Labute approximate surface area is 163 Å². The number of aromatic nitrogens is 4. The average molecular weight is 387 g/mol. The van der Waals surface area contributed by atoms with Gasteiger partial charge in [0.15, 0.2) is 5.11 Å². The third-order valence-electron chi connectivity index (χ3n) is 4.40. The predicted octanol–water partition coefficient (Wildman–Crippen LogP) is 3.64. The topological polar surface area (TPSA) is 59.7 Å². The van der Waals surface area contributed by atoms with Crippen LogP contribution in [0.5, 0.6) is 0 Å². The van der Waals surface area contributed by atoms with E-state index in [2.05, 4.69) is 41.6 Å². The van der Waals surface area contributed by atoms with Crippen molar-refractivity contribution in [3.05, 3.63) is 65.5 Å². The van der Waals surface area contributed by atoms with Crippen molar-refractivity contribution >= 4 is 23.0 Å². The highest BCUT2D eigenvalue weighted by Crippen LogP contribution is 2.17. The van der Waals surface area contributed by atoms with Gasteiger partial charge < -0.3 is 10.6 Å². The second-order valence-electron chi connectivity index (χ2n) is 6.37. The summed E-state index contributed by atoms with van der Waals surface area (Å²) in [5.74, 6) is -0.244. The lowest BCUT2D eigenvalue weighted by molar-refractivity contribution is 0.624. The molecule has 0 radical (unpaired) electrons. The Hall–Kier alpha value is -2.74. The highest BCUT2D eigenvalue weighted by atomic mass is 32.1. The Morgan fingerprint density at radius 1 is 1.22 bits per heavy atom. The number of nitrogens with one attached hydrogen (secondary N) is 2. The van der Waals surface area contributed by atoms with Crippen LogP contribution in [0.15, 0.2) is 42.9 Å². The van der Waals surface area contributed by atoms with E-state index in [1.807, 2.05) is 17.1 Å². The number of nitrogens with zero attached hydrogens (tertiary/aromatic N) is 4. The number of thiocarbonyl (C=S) groups is 1. The van der Waals surface area contributed by atoms with Gasteiger partial charge in [-0.2, -0.15) is 10.2 Å². The first-order chi connectivity index (χ1) is 13.0. The molecule has 0 aliphatic carbocycles. The Balaban J connectivity index is 1.57. The van der Waals surface area contributed by atoms with Gasteiger partial charge in [0, 0.05) is 24.0 Å². The van der Waals surface area contributed by atoms with Crippen LogP contribution in [0.25, 0.3) is 0 Å². The van der Waals surface area contributed by atoms with Gasteiger partial charge in [-0.15, -0.1) is 0 Å². The van der Waals surface area contributed by atoms with Crippen molar-refractivity contribution in [1.82, 2.24) is 24.9 Å². The first-order valence-corrected chi connectivity index (χ1v) is 9.23. The first kappa shape index (κ1) is 19.0. The molecule has 1 aromatic carbocycles. The van der Waals surface area contributed by atoms with Gasteiger partial charge in [-0.3, -0.25) is 9.36 Å². The predicted molar refractivity (Wildman–Crippen MR) is 108 cm³/mol. The van der Waals surface area contributed by atoms with Crippen LogP contribution in [0.4, 0.5) is 10.1 Å². The van der Waals surface area contributed by atoms with Crippen LogP contribution in [0.2, 0.25) is 0 Å². The lowest BCUT2D eigenvalue weighted by Crippen LogP contribution is -2.31. The summed E-state index contributed by atoms with van der Waals surface area (Å²) in [6.45, 7) is 7.58. The van der Waals surface area contributed by atoms with Gasteiger partial charge >= 0.3 is 0 Å². The van der Waals surface area contributed by atoms with E-state index in [-0.39, 0.29) is 11.9 Å². The fraction of sp³-hybridized carbons (Fsp3) is 0.316. The third kappa shape index (κ3) is 4.71. The van der Waals surface area contributed by atoms with Crippen LogP contribution in [0.3, 0.4) is 0 Å². The average Bonchev–Trinajstić information content (AvgIpc) is 3.22. The van der Waals surface area contributed by atoms with Crippen molar-refractivity contribution in [3.63, 3.8) is 0 Å². The molecule has 0 aliphatic heterocycles. The summed E-state index contributed by atoms with van der Waals surface area (Å²) in [6, 6.07) is 6.43. The highest BCUT2D eigenvalue weighted by Gasteiger charge is 2.14. The molecule has 6 nitrogen and oxygen atoms in total. The summed E-state index contributed by atoms with van der Waals surface area (Å²) in [5, 5.41) is 15.6. The molecule has 0 bridgehead atoms. The van der Waals surface area contributed by atoms with Crippen molar-refractivity contribution < 1.29 is 4.39 Å². The molecule has 2 heterocycles. The number of anilines is 1. The summed E-state index contributed by atoms with van der Waals surface area (Å²) in [6.07, 6.45) is 5.45. The summed E-state index contributed by atoms with van der Waals surface area (Å²) in [4.78, 5) is 0. The molecule has 3 rings (SSSR count). The number of benzene rings is 1. The molecule has 0 spiro atoms. The summed E-state index contributed by atoms with van der Waals surface area (Å²) in [7, 11) is 0. The Morgan fingerprint density at radius 2 is 1.96 bits per heavy atom. The largest absolute Gasteiger partial charge is 0.356 e. The van der Waals surface area contributed by atoms with E-state index < -0.39 is 0 Å². The van der Waals surface area contributed by atoms with Gasteiger partial charge in [0.1, 0.15) is 5.82 Å². The Bertz CT molecular complexity index is 915. The first-order valence-electron chi connectivity index (χ1n) is 8.83. The van der Waals surface area contributed by atoms with Crippen molar-refractivity contribution in [2.45, 2.75) is 39.9 Å². The van der Waals surface area contributed by atoms with Gasteiger partial charge in [0.25, 0.3) is 0 Å². The van der Waals surface area contributed by atoms with E-state index in [0.717, 1.165) is 29.1 Å². The van der Waals surface area contributed by atoms with Gasteiger partial charge in [0.05, 0.1) is 30.7 Å². The zero-order valence-electron chi connectivity index (χ0n) is 15.6. The number of aryl methyl sites for hydroxylation is 1. The fourth-order valence-electron chi connectivity index (χ4n) is 2.94. The molecule has 1 unspecified atom stereocenters. The lowest BCUT2D eigenvalue weighted by Gasteiger charge is -2.16. The van der Waals surface area contributed by atoms with Crippen LogP contribution in [0.1, 0.15) is 36.7 Å². The van der Waals surface area contributed by atoms with Gasteiger partial charge in [-0.25, -0.2) is 4.39 Å². The molecule has 27 heavy (non-hydrogen) atoms. The molecule has 1 atom stereocenters. The van der Waals surface area contributed by atoms with Crippen LogP contribution in [0, 0.1) is 12.7 Å². The Morgan fingerprint density at radius 3 is 2.63 bits per heavy atom. The molecule has 2 aromatic heterocycles. The normalized spacial score (nSPS) is 12.0. The van der Waals surface area contributed by atoms with Crippen LogP contribution in [-0.4, -0.2) is 24.7 Å². The molecule has 0 fully saturated rings. The monoisotopic (exact) mass is 386 g/mol. The molecule has 2 N–H and O–H groups in total. The maximum atomic E-state index is 13.0. The molecule has 142 valence electrons. The molecule has 3 aromatic rings. The minimum absolute atomic E-state index is 0.0413. The molecule has 0 saturated carbocycles. The van der Waals surface area contributed by atoms with Crippen molar-refractivity contribution in [2.75, 3.05) is 5.32 Å². The van der Waals surface area contributed by atoms with E-state index in [1.165, 1.54) is 12.1 Å². The number of halogens is 1. The van der Waals surface area contributed by atoms with Crippen molar-refractivity contribution in [3.8, 4) is 0 Å². The van der Waals surface area contributed by atoms with E-state index in [4.69, 9.17) is 12.2 Å². The smallest absolute Gasteiger partial charge is 0.171 e. The van der Waals surface area contributed by atoms with Gasteiger partial charge in [0.2, 0.25) is 0 Å². The summed E-state index contributed by atoms with van der Waals surface area (Å²) < 4.78 is 16.7. The van der Waals surface area contributed by atoms with E-state index in [9.17, 15) is 4.39 Å². The van der Waals surface area contributed by atoms with Crippen LogP contribution in [-0.2, 0) is 13.1 Å². The quantitative estimate of drug-likeness (QED) is 0.634. The number of rotatable bonds is 6. The van der Waals surface area contributed by atoms with Gasteiger partial charge in [-0.05, 0) is 50.7 Å².